The molecule has 1 aliphatic carbocycles. The van der Waals surface area contributed by atoms with Crippen molar-refractivity contribution in [2.75, 3.05) is 14.2 Å². The van der Waals surface area contributed by atoms with Gasteiger partial charge in [0.05, 0.1) is 26.1 Å². The van der Waals surface area contributed by atoms with Gasteiger partial charge in [-0.25, -0.2) is 0 Å². The van der Waals surface area contributed by atoms with Crippen molar-refractivity contribution in [2.24, 2.45) is 11.8 Å². The van der Waals surface area contributed by atoms with Crippen molar-refractivity contribution < 1.29 is 33.7 Å². The van der Waals surface area contributed by atoms with E-state index in [0.717, 1.165) is 12.8 Å². The van der Waals surface area contributed by atoms with Crippen LogP contribution in [0, 0.1) is 11.8 Å². The molecule has 0 aromatic heterocycles. The molecule has 1 unspecified atom stereocenters. The summed E-state index contributed by atoms with van der Waals surface area (Å²) in [5.74, 6) is -2.82. The summed E-state index contributed by atoms with van der Waals surface area (Å²) in [6, 6.07) is 13.4. The molecular formula is C24H26O7. The molecule has 0 heterocycles. The molecule has 1 fully saturated rings. The number of carbonyl (C=O) groups is 3. The van der Waals surface area contributed by atoms with Crippen LogP contribution in [0.15, 0.2) is 48.5 Å². The molecular weight excluding hydrogens is 400 g/mol. The SMILES string of the molecule is COc1cc(OC)cc(C(OC(=O)[C@H]2CCCC[C@H]2C(=O)O)C(=O)c2ccccc2)c1. The number of aliphatic carboxylic acids is 1. The molecule has 0 radical (unpaired) electrons. The Bertz CT molecular complexity index is 916. The van der Waals surface area contributed by atoms with E-state index < -0.39 is 35.7 Å². The predicted molar refractivity (Wildman–Crippen MR) is 112 cm³/mol. The second kappa shape index (κ2) is 10.1. The Balaban J connectivity index is 1.97. The molecule has 1 N–H and O–H groups in total. The lowest BCUT2D eigenvalue weighted by atomic mass is 9.79. The molecule has 0 aliphatic heterocycles. The normalized spacial score (nSPS) is 19.2. The molecule has 0 bridgehead atoms. The minimum Gasteiger partial charge on any atom is -0.497 e. The highest BCUT2D eigenvalue weighted by Crippen LogP contribution is 2.35. The number of hydrogen-bond donors (Lipinski definition) is 1. The van der Waals surface area contributed by atoms with E-state index in [1.165, 1.54) is 14.2 Å². The number of esters is 1. The van der Waals surface area contributed by atoms with Crippen LogP contribution in [0.25, 0.3) is 0 Å². The van der Waals surface area contributed by atoms with Gasteiger partial charge in [-0.1, -0.05) is 43.2 Å². The van der Waals surface area contributed by atoms with Gasteiger partial charge < -0.3 is 19.3 Å². The largest absolute Gasteiger partial charge is 0.497 e. The lowest BCUT2D eigenvalue weighted by Crippen LogP contribution is -2.35. The first-order chi connectivity index (χ1) is 14.9. The van der Waals surface area contributed by atoms with E-state index in [4.69, 9.17) is 14.2 Å². The monoisotopic (exact) mass is 426 g/mol. The summed E-state index contributed by atoms with van der Waals surface area (Å²) in [5.41, 5.74) is 0.765. The average molecular weight is 426 g/mol. The molecule has 0 amide bonds. The number of ether oxygens (including phenoxy) is 3. The maximum atomic E-state index is 13.3. The number of carbonyl (C=O) groups excluding carboxylic acids is 2. The van der Waals surface area contributed by atoms with Crippen molar-refractivity contribution in [3.8, 4) is 11.5 Å². The van der Waals surface area contributed by atoms with Gasteiger partial charge in [0.1, 0.15) is 11.5 Å². The number of rotatable bonds is 8. The number of hydrogen-bond acceptors (Lipinski definition) is 6. The average Bonchev–Trinajstić information content (AvgIpc) is 2.82. The van der Waals surface area contributed by atoms with E-state index in [2.05, 4.69) is 0 Å². The van der Waals surface area contributed by atoms with Crippen LogP contribution in [-0.4, -0.2) is 37.0 Å². The van der Waals surface area contributed by atoms with Gasteiger partial charge in [-0.05, 0) is 25.0 Å². The molecule has 2 aromatic carbocycles. The molecule has 3 rings (SSSR count). The van der Waals surface area contributed by atoms with Crippen LogP contribution < -0.4 is 9.47 Å². The van der Waals surface area contributed by atoms with Crippen molar-refractivity contribution in [3.05, 3.63) is 59.7 Å². The number of methoxy groups -OCH3 is 2. The van der Waals surface area contributed by atoms with Gasteiger partial charge in [0.2, 0.25) is 5.78 Å². The topological polar surface area (TPSA) is 99.1 Å². The van der Waals surface area contributed by atoms with Crippen molar-refractivity contribution in [2.45, 2.75) is 31.8 Å². The first-order valence-electron chi connectivity index (χ1n) is 10.2. The van der Waals surface area contributed by atoms with Crippen LogP contribution in [0.2, 0.25) is 0 Å². The van der Waals surface area contributed by atoms with Crippen molar-refractivity contribution in [3.63, 3.8) is 0 Å². The first kappa shape index (κ1) is 22.3. The standard InChI is InChI=1S/C24H26O7/c1-29-17-12-16(13-18(14-17)30-2)22(21(25)15-8-4-3-5-9-15)31-24(28)20-11-7-6-10-19(20)23(26)27/h3-5,8-9,12-14,19-20,22H,6-7,10-11H2,1-2H3,(H,26,27)/t19-,20+,22?/m1/s1. The molecule has 0 saturated heterocycles. The quantitative estimate of drug-likeness (QED) is 0.502. The number of carboxylic acid groups (broad SMARTS) is 1. The van der Waals surface area contributed by atoms with Crippen LogP contribution in [0.5, 0.6) is 11.5 Å². The molecule has 3 atom stereocenters. The molecule has 2 aromatic rings. The number of benzene rings is 2. The second-order valence-electron chi connectivity index (χ2n) is 7.53. The summed E-state index contributed by atoms with van der Waals surface area (Å²) in [5, 5.41) is 9.52. The van der Waals surface area contributed by atoms with Gasteiger partial charge in [-0.2, -0.15) is 0 Å². The summed E-state index contributed by atoms with van der Waals surface area (Å²) >= 11 is 0. The van der Waals surface area contributed by atoms with Crippen molar-refractivity contribution in [1.82, 2.24) is 0 Å². The second-order valence-corrected chi connectivity index (χ2v) is 7.53. The van der Waals surface area contributed by atoms with Gasteiger partial charge in [-0.15, -0.1) is 0 Å². The molecule has 1 saturated carbocycles. The predicted octanol–water partition coefficient (Wildman–Crippen LogP) is 4.06. The van der Waals surface area contributed by atoms with Crippen molar-refractivity contribution in [1.29, 1.82) is 0 Å². The van der Waals surface area contributed by atoms with Crippen LogP contribution in [0.4, 0.5) is 0 Å². The minimum absolute atomic E-state index is 0.375. The van der Waals surface area contributed by atoms with Crippen LogP contribution in [0.3, 0.4) is 0 Å². The van der Waals surface area contributed by atoms with E-state index in [-0.39, 0.29) is 0 Å². The summed E-state index contributed by atoms with van der Waals surface area (Å²) in [7, 11) is 2.97. The fourth-order valence-electron chi connectivity index (χ4n) is 3.92. The third-order valence-electron chi connectivity index (χ3n) is 5.59. The summed E-state index contributed by atoms with van der Waals surface area (Å²) in [4.78, 5) is 38.0. The zero-order valence-electron chi connectivity index (χ0n) is 17.6. The Labute approximate surface area is 180 Å². The zero-order valence-corrected chi connectivity index (χ0v) is 17.6. The number of Topliss-reactive ketones (excluding diaryl/α,β-unsaturated/α-hetero) is 1. The van der Waals surface area contributed by atoms with Crippen LogP contribution in [-0.2, 0) is 14.3 Å². The summed E-state index contributed by atoms with van der Waals surface area (Å²) in [6.07, 6.45) is 1.08. The Kier molecular flexibility index (Phi) is 7.28. The smallest absolute Gasteiger partial charge is 0.310 e. The van der Waals surface area contributed by atoms with E-state index >= 15 is 0 Å². The number of carboxylic acids is 1. The van der Waals surface area contributed by atoms with Gasteiger partial charge in [-0.3, -0.25) is 14.4 Å². The lowest BCUT2D eigenvalue weighted by molar-refractivity contribution is -0.162. The fraction of sp³-hybridized carbons (Fsp3) is 0.375. The molecule has 1 aliphatic rings. The first-order valence-corrected chi connectivity index (χ1v) is 10.2. The highest BCUT2D eigenvalue weighted by Gasteiger charge is 2.39. The maximum Gasteiger partial charge on any atom is 0.310 e. The van der Waals surface area contributed by atoms with Crippen LogP contribution in [0.1, 0.15) is 47.7 Å². The Morgan fingerprint density at radius 3 is 2.03 bits per heavy atom. The van der Waals surface area contributed by atoms with Gasteiger partial charge >= 0.3 is 11.9 Å². The Morgan fingerprint density at radius 2 is 1.48 bits per heavy atom. The summed E-state index contributed by atoms with van der Waals surface area (Å²) < 4.78 is 16.3. The van der Waals surface area contributed by atoms with E-state index in [1.807, 2.05) is 0 Å². The molecule has 0 spiro atoms. The minimum atomic E-state index is -1.25. The lowest BCUT2D eigenvalue weighted by Gasteiger charge is -2.28. The third-order valence-corrected chi connectivity index (χ3v) is 5.59. The van der Waals surface area contributed by atoms with E-state index in [9.17, 15) is 19.5 Å². The van der Waals surface area contributed by atoms with Crippen molar-refractivity contribution >= 4 is 17.7 Å². The third kappa shape index (κ3) is 5.23. The highest BCUT2D eigenvalue weighted by molar-refractivity contribution is 6.01. The molecule has 7 nitrogen and oxygen atoms in total. The Hall–Kier alpha value is -3.35. The van der Waals surface area contributed by atoms with E-state index in [1.54, 1.807) is 48.5 Å². The summed E-state index contributed by atoms with van der Waals surface area (Å²) in [6.45, 7) is 0. The van der Waals surface area contributed by atoms with E-state index in [0.29, 0.717) is 35.5 Å². The molecule has 31 heavy (non-hydrogen) atoms. The molecule has 7 heteroatoms. The zero-order chi connectivity index (χ0) is 22.4. The molecule has 164 valence electrons. The van der Waals surface area contributed by atoms with Crippen LogP contribution >= 0.6 is 0 Å². The van der Waals surface area contributed by atoms with Gasteiger partial charge in [0.15, 0.2) is 6.10 Å². The van der Waals surface area contributed by atoms with Gasteiger partial charge in [0, 0.05) is 17.2 Å². The maximum absolute atomic E-state index is 13.3. The highest BCUT2D eigenvalue weighted by atomic mass is 16.5. The van der Waals surface area contributed by atoms with Gasteiger partial charge in [0.25, 0.3) is 0 Å². The fourth-order valence-corrected chi connectivity index (χ4v) is 3.92. The Morgan fingerprint density at radius 1 is 0.903 bits per heavy atom. The number of ketones is 1.